The molecule has 0 saturated carbocycles. The number of aliphatic hydroxyl groups is 1. The maximum absolute atomic E-state index is 10.1. The summed E-state index contributed by atoms with van der Waals surface area (Å²) in [5.41, 5.74) is 1.49. The number of hydrogen-bond acceptors (Lipinski definition) is 6. The first-order chi connectivity index (χ1) is 11.6. The van der Waals surface area contributed by atoms with E-state index in [-0.39, 0.29) is 6.10 Å². The molecule has 1 aromatic rings. The van der Waals surface area contributed by atoms with E-state index in [0.29, 0.717) is 5.41 Å². The van der Waals surface area contributed by atoms with Crippen LogP contribution in [0.2, 0.25) is 0 Å². The van der Waals surface area contributed by atoms with Gasteiger partial charge in [0.15, 0.2) is 0 Å². The molecule has 134 valence electrons. The van der Waals surface area contributed by atoms with E-state index in [9.17, 15) is 5.11 Å². The second kappa shape index (κ2) is 7.76. The lowest BCUT2D eigenvalue weighted by molar-refractivity contribution is -0.0331. The van der Waals surface area contributed by atoms with Gasteiger partial charge in [-0.2, -0.15) is 0 Å². The van der Waals surface area contributed by atoms with E-state index in [1.165, 1.54) is 18.4 Å². The number of likely N-dealkylation sites (N-methyl/N-ethyl adjacent to an activating group) is 1. The lowest BCUT2D eigenvalue weighted by Crippen LogP contribution is -2.52. The number of β-amino-alcohol motifs (C(OH)–C–C–N with tert-alkyl or cyclic N) is 1. The van der Waals surface area contributed by atoms with E-state index in [1.807, 2.05) is 12.4 Å². The van der Waals surface area contributed by atoms with Crippen molar-refractivity contribution in [3.8, 4) is 0 Å². The third-order valence-electron chi connectivity index (χ3n) is 5.36. The van der Waals surface area contributed by atoms with Crippen LogP contribution in [-0.2, 0) is 6.54 Å². The van der Waals surface area contributed by atoms with Gasteiger partial charge in [-0.1, -0.05) is 6.92 Å². The standard InChI is InChI=1S/C18H31N5O/c1-3-6-19-17-20-10-15(11-21-17)12-23-7-4-18(5-8-23)9-16(24)13-22(2)14-18/h10-11,16,24H,3-9,12-14H2,1-2H3,(H,19,20,21). The van der Waals surface area contributed by atoms with Crippen LogP contribution >= 0.6 is 0 Å². The number of likely N-dealkylation sites (tertiary alicyclic amines) is 2. The maximum atomic E-state index is 10.1. The van der Waals surface area contributed by atoms with Gasteiger partial charge < -0.3 is 15.3 Å². The minimum Gasteiger partial charge on any atom is -0.392 e. The third kappa shape index (κ3) is 4.43. The monoisotopic (exact) mass is 333 g/mol. The smallest absolute Gasteiger partial charge is 0.222 e. The summed E-state index contributed by atoms with van der Waals surface area (Å²) in [4.78, 5) is 13.6. The lowest BCUT2D eigenvalue weighted by atomic mass is 9.71. The molecule has 1 atom stereocenters. The number of piperidine rings is 2. The fourth-order valence-electron chi connectivity index (χ4n) is 4.20. The summed E-state index contributed by atoms with van der Waals surface area (Å²) in [6.45, 7) is 8.09. The molecule has 1 unspecified atom stereocenters. The van der Waals surface area contributed by atoms with Gasteiger partial charge >= 0.3 is 0 Å². The van der Waals surface area contributed by atoms with Gasteiger partial charge in [0, 0.05) is 44.1 Å². The zero-order valence-corrected chi connectivity index (χ0v) is 15.0. The van der Waals surface area contributed by atoms with Crippen molar-refractivity contribution in [3.05, 3.63) is 18.0 Å². The van der Waals surface area contributed by atoms with E-state index in [0.717, 1.165) is 58.1 Å². The summed E-state index contributed by atoms with van der Waals surface area (Å²) in [6.07, 6.45) is 8.10. The van der Waals surface area contributed by atoms with E-state index in [2.05, 4.69) is 39.1 Å². The minimum atomic E-state index is -0.160. The summed E-state index contributed by atoms with van der Waals surface area (Å²) in [7, 11) is 2.13. The quantitative estimate of drug-likeness (QED) is 0.853. The molecule has 6 nitrogen and oxygen atoms in total. The summed E-state index contributed by atoms with van der Waals surface area (Å²) in [5.74, 6) is 0.720. The Morgan fingerprint density at radius 3 is 2.62 bits per heavy atom. The molecule has 2 saturated heterocycles. The van der Waals surface area contributed by atoms with Crippen LogP contribution in [0.25, 0.3) is 0 Å². The maximum Gasteiger partial charge on any atom is 0.222 e. The van der Waals surface area contributed by atoms with Gasteiger partial charge in [-0.25, -0.2) is 9.97 Å². The van der Waals surface area contributed by atoms with Gasteiger partial charge in [0.05, 0.1) is 6.10 Å². The van der Waals surface area contributed by atoms with E-state index in [4.69, 9.17) is 0 Å². The molecule has 1 aromatic heterocycles. The Bertz CT molecular complexity index is 501. The molecule has 0 radical (unpaired) electrons. The molecule has 6 heteroatoms. The first kappa shape index (κ1) is 17.6. The second-order valence-corrected chi connectivity index (χ2v) is 7.67. The van der Waals surface area contributed by atoms with Gasteiger partial charge in [-0.15, -0.1) is 0 Å². The van der Waals surface area contributed by atoms with Gasteiger partial charge in [-0.3, -0.25) is 4.90 Å². The van der Waals surface area contributed by atoms with Crippen LogP contribution in [0.3, 0.4) is 0 Å². The second-order valence-electron chi connectivity index (χ2n) is 7.67. The molecule has 2 fully saturated rings. The predicted octanol–water partition coefficient (Wildman–Crippen LogP) is 1.58. The lowest BCUT2D eigenvalue weighted by Gasteiger charge is -2.48. The van der Waals surface area contributed by atoms with Crippen molar-refractivity contribution in [2.24, 2.45) is 5.41 Å². The number of anilines is 1. The van der Waals surface area contributed by atoms with Gasteiger partial charge in [-0.05, 0) is 51.2 Å². The molecule has 3 heterocycles. The van der Waals surface area contributed by atoms with Crippen LogP contribution in [-0.4, -0.2) is 70.7 Å². The molecule has 2 N–H and O–H groups in total. The van der Waals surface area contributed by atoms with Crippen molar-refractivity contribution < 1.29 is 5.11 Å². The average molecular weight is 333 g/mol. The number of hydrogen-bond donors (Lipinski definition) is 2. The molecule has 3 rings (SSSR count). The number of rotatable bonds is 5. The fourth-order valence-corrected chi connectivity index (χ4v) is 4.20. The predicted molar refractivity (Wildman–Crippen MR) is 95.9 cm³/mol. The molecule has 0 aliphatic carbocycles. The SMILES string of the molecule is CCCNc1ncc(CN2CCC3(CC2)CC(O)CN(C)C3)cn1. The van der Waals surface area contributed by atoms with Crippen molar-refractivity contribution >= 4 is 5.95 Å². The van der Waals surface area contributed by atoms with Gasteiger partial charge in [0.1, 0.15) is 0 Å². The Balaban J connectivity index is 1.50. The topological polar surface area (TPSA) is 64.5 Å². The molecule has 0 aromatic carbocycles. The molecule has 2 aliphatic rings. The summed E-state index contributed by atoms with van der Waals surface area (Å²) in [6, 6.07) is 0. The molecule has 24 heavy (non-hydrogen) atoms. The first-order valence-electron chi connectivity index (χ1n) is 9.22. The number of nitrogens with zero attached hydrogens (tertiary/aromatic N) is 4. The van der Waals surface area contributed by atoms with Crippen LogP contribution in [0.1, 0.15) is 38.2 Å². The van der Waals surface area contributed by atoms with Crippen LogP contribution in [0.15, 0.2) is 12.4 Å². The molecule has 1 spiro atoms. The number of aromatic nitrogens is 2. The Hall–Kier alpha value is -1.24. The zero-order chi connectivity index (χ0) is 17.0. The largest absolute Gasteiger partial charge is 0.392 e. The van der Waals surface area contributed by atoms with Crippen molar-refractivity contribution in [3.63, 3.8) is 0 Å². The highest BCUT2D eigenvalue weighted by Gasteiger charge is 2.40. The van der Waals surface area contributed by atoms with E-state index >= 15 is 0 Å². The Labute approximate surface area is 145 Å². The van der Waals surface area contributed by atoms with E-state index in [1.54, 1.807) is 0 Å². The fraction of sp³-hybridized carbons (Fsp3) is 0.778. The highest BCUT2D eigenvalue weighted by Crippen LogP contribution is 2.39. The summed E-state index contributed by atoms with van der Waals surface area (Å²) in [5, 5.41) is 13.3. The molecular formula is C18H31N5O. The van der Waals surface area contributed by atoms with Gasteiger partial charge in [0.2, 0.25) is 5.95 Å². The first-order valence-corrected chi connectivity index (χ1v) is 9.22. The molecule has 0 bridgehead atoms. The number of aliphatic hydroxyl groups excluding tert-OH is 1. The highest BCUT2D eigenvalue weighted by atomic mass is 16.3. The van der Waals surface area contributed by atoms with Gasteiger partial charge in [0.25, 0.3) is 0 Å². The average Bonchev–Trinajstić information content (AvgIpc) is 2.55. The minimum absolute atomic E-state index is 0.160. The summed E-state index contributed by atoms with van der Waals surface area (Å²) < 4.78 is 0. The Morgan fingerprint density at radius 2 is 2.00 bits per heavy atom. The van der Waals surface area contributed by atoms with Crippen molar-refractivity contribution in [1.29, 1.82) is 0 Å². The normalized spacial score (nSPS) is 25.0. The Morgan fingerprint density at radius 1 is 1.29 bits per heavy atom. The third-order valence-corrected chi connectivity index (χ3v) is 5.36. The van der Waals surface area contributed by atoms with E-state index < -0.39 is 0 Å². The number of nitrogens with one attached hydrogen (secondary N) is 1. The molecular weight excluding hydrogens is 302 g/mol. The van der Waals surface area contributed by atoms with Crippen LogP contribution < -0.4 is 5.32 Å². The van der Waals surface area contributed by atoms with Crippen molar-refractivity contribution in [1.82, 2.24) is 19.8 Å². The van der Waals surface area contributed by atoms with Crippen LogP contribution in [0.4, 0.5) is 5.95 Å². The van der Waals surface area contributed by atoms with Crippen LogP contribution in [0, 0.1) is 5.41 Å². The summed E-state index contributed by atoms with van der Waals surface area (Å²) >= 11 is 0. The van der Waals surface area contributed by atoms with Crippen molar-refractivity contribution in [2.45, 2.75) is 45.3 Å². The molecule has 2 aliphatic heterocycles. The highest BCUT2D eigenvalue weighted by molar-refractivity contribution is 5.24. The van der Waals surface area contributed by atoms with Crippen LogP contribution in [0.5, 0.6) is 0 Å². The molecule has 0 amide bonds. The van der Waals surface area contributed by atoms with Crippen molar-refractivity contribution in [2.75, 3.05) is 45.1 Å². The zero-order valence-electron chi connectivity index (χ0n) is 15.0. The Kier molecular flexibility index (Phi) is 5.69.